The number of para-hydroxylation sites is 2. The molecule has 3 aromatic carbocycles. The lowest BCUT2D eigenvalue weighted by molar-refractivity contribution is 0.444. The van der Waals surface area contributed by atoms with Crippen molar-refractivity contribution < 1.29 is 22.5 Å². The van der Waals surface area contributed by atoms with Gasteiger partial charge in [0.15, 0.2) is 0 Å². The van der Waals surface area contributed by atoms with E-state index in [1.165, 1.54) is 18.2 Å². The Morgan fingerprint density at radius 3 is 2.55 bits per heavy atom. The van der Waals surface area contributed by atoms with Gasteiger partial charge in [0.25, 0.3) is 10.1 Å². The van der Waals surface area contributed by atoms with Crippen molar-refractivity contribution in [1.29, 1.82) is 0 Å². The second-order valence-electron chi connectivity index (χ2n) is 6.54. The summed E-state index contributed by atoms with van der Waals surface area (Å²) in [5, 5.41) is 11.5. The number of nitrogens with one attached hydrogen (secondary N) is 1. The van der Waals surface area contributed by atoms with Crippen LogP contribution in [0.25, 0.3) is 44.2 Å². The third-order valence-electron chi connectivity index (χ3n) is 4.73. The highest BCUT2D eigenvalue weighted by atomic mass is 32.2. The number of aromatic amines is 1. The Kier molecular flexibility index (Phi) is 3.54. The number of nitrogens with zero attached hydrogens (tertiary/aromatic N) is 1. The van der Waals surface area contributed by atoms with Crippen molar-refractivity contribution >= 4 is 42.9 Å². The summed E-state index contributed by atoms with van der Waals surface area (Å²) in [6.07, 6.45) is 0. The van der Waals surface area contributed by atoms with Crippen LogP contribution in [0.4, 0.5) is 0 Å². The minimum atomic E-state index is -4.59. The molecular weight excluding hydrogens is 396 g/mol. The van der Waals surface area contributed by atoms with Crippen LogP contribution in [-0.4, -0.2) is 28.0 Å². The molecule has 3 N–H and O–H groups in total. The van der Waals surface area contributed by atoms with Gasteiger partial charge in [-0.25, -0.2) is 9.78 Å². The molecule has 0 aliphatic heterocycles. The highest BCUT2D eigenvalue weighted by Crippen LogP contribution is 2.34. The van der Waals surface area contributed by atoms with Gasteiger partial charge in [-0.3, -0.25) is 4.55 Å². The summed E-state index contributed by atoms with van der Waals surface area (Å²) in [5.74, 6) is -0.276. The normalized spacial score (nSPS) is 12.2. The van der Waals surface area contributed by atoms with E-state index in [0.717, 1.165) is 11.6 Å². The van der Waals surface area contributed by atoms with E-state index in [4.69, 9.17) is 4.42 Å². The van der Waals surface area contributed by atoms with Crippen LogP contribution in [0.15, 0.2) is 68.7 Å². The SMILES string of the molecule is O=c1oc2ccc3cc(S(=O)(=O)O)c(O)cc3c2cc1-c1nc2ccccc2[nH]1. The van der Waals surface area contributed by atoms with Gasteiger partial charge in [0, 0.05) is 5.39 Å². The first-order valence-corrected chi connectivity index (χ1v) is 9.91. The Morgan fingerprint density at radius 1 is 1.00 bits per heavy atom. The van der Waals surface area contributed by atoms with E-state index < -0.39 is 26.4 Å². The molecule has 144 valence electrons. The van der Waals surface area contributed by atoms with Gasteiger partial charge in [-0.15, -0.1) is 0 Å². The second-order valence-corrected chi connectivity index (χ2v) is 7.93. The third-order valence-corrected chi connectivity index (χ3v) is 5.62. The quantitative estimate of drug-likeness (QED) is 0.231. The summed E-state index contributed by atoms with van der Waals surface area (Å²) in [6.45, 7) is 0. The summed E-state index contributed by atoms with van der Waals surface area (Å²) in [5.41, 5.74) is 1.32. The smallest absolute Gasteiger partial charge is 0.347 e. The molecular formula is C20H12N2O6S. The molecule has 0 saturated carbocycles. The van der Waals surface area contributed by atoms with Gasteiger partial charge in [0.05, 0.1) is 11.0 Å². The van der Waals surface area contributed by atoms with Gasteiger partial charge >= 0.3 is 5.63 Å². The second kappa shape index (κ2) is 5.90. The van der Waals surface area contributed by atoms with Crippen LogP contribution in [0.2, 0.25) is 0 Å². The monoisotopic (exact) mass is 408 g/mol. The molecule has 2 heterocycles. The Morgan fingerprint density at radius 2 is 1.79 bits per heavy atom. The topological polar surface area (TPSA) is 133 Å². The summed E-state index contributed by atoms with van der Waals surface area (Å²) in [6, 6.07) is 14.3. The molecule has 0 bridgehead atoms. The van der Waals surface area contributed by atoms with Gasteiger partial charge in [0.2, 0.25) is 0 Å². The zero-order valence-electron chi connectivity index (χ0n) is 14.6. The van der Waals surface area contributed by atoms with Crippen molar-refractivity contribution in [1.82, 2.24) is 9.97 Å². The van der Waals surface area contributed by atoms with E-state index in [9.17, 15) is 22.9 Å². The number of fused-ring (bicyclic) bond motifs is 4. The predicted molar refractivity (Wildman–Crippen MR) is 107 cm³/mol. The molecule has 0 aliphatic carbocycles. The number of rotatable bonds is 2. The first kappa shape index (κ1) is 17.4. The van der Waals surface area contributed by atoms with Crippen LogP contribution in [0.1, 0.15) is 0 Å². The molecule has 0 amide bonds. The van der Waals surface area contributed by atoms with Crippen molar-refractivity contribution in [3.63, 3.8) is 0 Å². The number of hydrogen-bond donors (Lipinski definition) is 3. The molecule has 0 unspecified atom stereocenters. The third kappa shape index (κ3) is 2.75. The molecule has 29 heavy (non-hydrogen) atoms. The molecule has 2 aromatic heterocycles. The highest BCUT2D eigenvalue weighted by Gasteiger charge is 2.19. The van der Waals surface area contributed by atoms with E-state index in [1.807, 2.05) is 24.3 Å². The zero-order chi connectivity index (χ0) is 20.3. The van der Waals surface area contributed by atoms with Crippen LogP contribution >= 0.6 is 0 Å². The molecule has 0 fully saturated rings. The number of hydrogen-bond acceptors (Lipinski definition) is 6. The fourth-order valence-corrected chi connectivity index (χ4v) is 3.99. The number of aromatic hydroxyl groups is 1. The molecule has 5 rings (SSSR count). The summed E-state index contributed by atoms with van der Waals surface area (Å²) >= 11 is 0. The maximum absolute atomic E-state index is 12.5. The fraction of sp³-hybridized carbons (Fsp3) is 0. The number of aromatic nitrogens is 2. The Labute approximate surface area is 162 Å². The van der Waals surface area contributed by atoms with Gasteiger partial charge < -0.3 is 14.5 Å². The van der Waals surface area contributed by atoms with Crippen LogP contribution in [0.5, 0.6) is 5.75 Å². The minimum Gasteiger partial charge on any atom is -0.506 e. The number of phenols is 1. The number of benzene rings is 3. The van der Waals surface area contributed by atoms with Gasteiger partial charge in [-0.05, 0) is 47.2 Å². The Bertz CT molecular complexity index is 1580. The predicted octanol–water partition coefficient (Wildman–Crippen LogP) is 3.44. The lowest BCUT2D eigenvalue weighted by atomic mass is 10.0. The summed E-state index contributed by atoms with van der Waals surface area (Å²) in [7, 11) is -4.59. The van der Waals surface area contributed by atoms with Crippen molar-refractivity contribution in [2.45, 2.75) is 4.90 Å². The molecule has 0 spiro atoms. The van der Waals surface area contributed by atoms with Gasteiger partial charge in [-0.1, -0.05) is 18.2 Å². The molecule has 8 nitrogen and oxygen atoms in total. The molecule has 0 aliphatic rings. The average Bonchev–Trinajstić information content (AvgIpc) is 3.10. The van der Waals surface area contributed by atoms with Crippen molar-refractivity contribution in [3.05, 3.63) is 65.0 Å². The largest absolute Gasteiger partial charge is 0.506 e. The van der Waals surface area contributed by atoms with Crippen LogP contribution in [0, 0.1) is 0 Å². The Hall–Kier alpha value is -3.69. The van der Waals surface area contributed by atoms with Crippen LogP contribution < -0.4 is 5.63 Å². The van der Waals surface area contributed by atoms with E-state index in [-0.39, 0.29) is 11.1 Å². The van der Waals surface area contributed by atoms with E-state index >= 15 is 0 Å². The molecule has 9 heteroatoms. The van der Waals surface area contributed by atoms with E-state index in [2.05, 4.69) is 9.97 Å². The molecule has 0 radical (unpaired) electrons. The highest BCUT2D eigenvalue weighted by molar-refractivity contribution is 7.86. The maximum Gasteiger partial charge on any atom is 0.347 e. The molecule has 5 aromatic rings. The summed E-state index contributed by atoms with van der Waals surface area (Å²) in [4.78, 5) is 19.4. The number of phenolic OH excluding ortho intramolecular Hbond substituents is 1. The summed E-state index contributed by atoms with van der Waals surface area (Å²) < 4.78 is 37.6. The van der Waals surface area contributed by atoms with Crippen LogP contribution in [0.3, 0.4) is 0 Å². The number of imidazole rings is 1. The maximum atomic E-state index is 12.5. The Balaban J connectivity index is 1.83. The van der Waals surface area contributed by atoms with Crippen molar-refractivity contribution in [2.75, 3.05) is 0 Å². The first-order chi connectivity index (χ1) is 13.8. The minimum absolute atomic E-state index is 0.194. The van der Waals surface area contributed by atoms with E-state index in [0.29, 0.717) is 27.5 Å². The standard InChI is InChI=1S/C20H12N2O6S/c23-16-9-11-10(7-18(16)29(25,26)27)5-6-17-12(11)8-13(20(24)28-17)19-21-14-3-1-2-4-15(14)22-19/h1-9,23H,(H,21,22)(H,25,26,27). The van der Waals surface area contributed by atoms with E-state index in [1.54, 1.807) is 6.07 Å². The van der Waals surface area contributed by atoms with Gasteiger partial charge in [0.1, 0.15) is 27.6 Å². The molecule has 0 atom stereocenters. The fourth-order valence-electron chi connectivity index (χ4n) is 3.39. The zero-order valence-corrected chi connectivity index (χ0v) is 15.4. The van der Waals surface area contributed by atoms with Crippen molar-refractivity contribution in [3.8, 4) is 17.1 Å². The first-order valence-electron chi connectivity index (χ1n) is 8.47. The average molecular weight is 408 g/mol. The van der Waals surface area contributed by atoms with Crippen LogP contribution in [-0.2, 0) is 10.1 Å². The molecule has 0 saturated heterocycles. The van der Waals surface area contributed by atoms with Gasteiger partial charge in [-0.2, -0.15) is 8.42 Å². The van der Waals surface area contributed by atoms with Crippen molar-refractivity contribution in [2.24, 2.45) is 0 Å². The lowest BCUT2D eigenvalue weighted by Gasteiger charge is -2.08. The lowest BCUT2D eigenvalue weighted by Crippen LogP contribution is -2.04. The number of H-pyrrole nitrogens is 1.